The second kappa shape index (κ2) is 6.96. The van der Waals surface area contributed by atoms with Gasteiger partial charge in [0.05, 0.1) is 24.6 Å². The molecule has 1 N–H and O–H groups in total. The molecule has 0 aromatic carbocycles. The number of carboxylic acids is 1. The van der Waals surface area contributed by atoms with Gasteiger partial charge in [-0.15, -0.1) is 11.3 Å². The fourth-order valence-corrected chi connectivity index (χ4v) is 3.97. The summed E-state index contributed by atoms with van der Waals surface area (Å²) in [5.74, 6) is -1.50. The van der Waals surface area contributed by atoms with E-state index in [0.29, 0.717) is 5.69 Å². The van der Waals surface area contributed by atoms with Crippen molar-refractivity contribution in [2.24, 2.45) is 0 Å². The quantitative estimate of drug-likeness (QED) is 0.748. The third-order valence-electron chi connectivity index (χ3n) is 4.48. The van der Waals surface area contributed by atoms with E-state index in [0.717, 1.165) is 49.0 Å². The lowest BCUT2D eigenvalue weighted by molar-refractivity contribution is -0.136. The number of likely N-dealkylation sites (N-methyl/N-ethyl adjacent to an activating group) is 1. The number of rotatable bonds is 5. The van der Waals surface area contributed by atoms with Crippen LogP contribution in [0.5, 0.6) is 0 Å². The van der Waals surface area contributed by atoms with E-state index in [4.69, 9.17) is 5.11 Å². The molecule has 3 heterocycles. The number of aromatic nitrogens is 1. The lowest BCUT2D eigenvalue weighted by atomic mass is 10.2. The molecule has 2 fully saturated rings. The molecule has 24 heavy (non-hydrogen) atoms. The number of hydrogen-bond acceptors (Lipinski definition) is 7. The molecule has 2 aliphatic heterocycles. The molecule has 2 saturated heterocycles. The number of carboxylic acid groups (broad SMARTS) is 1. The van der Waals surface area contributed by atoms with E-state index in [2.05, 4.69) is 21.7 Å². The Morgan fingerprint density at radius 3 is 2.67 bits per heavy atom. The van der Waals surface area contributed by atoms with Crippen LogP contribution in [-0.4, -0.2) is 76.4 Å². The number of nitrogens with zero attached hydrogens (tertiary/aromatic N) is 4. The minimum Gasteiger partial charge on any atom is -0.481 e. The maximum atomic E-state index is 12.7. The van der Waals surface area contributed by atoms with Gasteiger partial charge in [0.25, 0.3) is 5.91 Å². The number of thiazole rings is 1. The molecular weight excluding hydrogens is 332 g/mol. The van der Waals surface area contributed by atoms with Crippen molar-refractivity contribution in [3.05, 3.63) is 11.1 Å². The van der Waals surface area contributed by atoms with Crippen LogP contribution < -0.4 is 4.90 Å². The van der Waals surface area contributed by atoms with Gasteiger partial charge in [0.15, 0.2) is 5.13 Å². The zero-order valence-corrected chi connectivity index (χ0v) is 14.3. The number of amides is 2. The van der Waals surface area contributed by atoms with Gasteiger partial charge in [-0.05, 0) is 6.54 Å². The van der Waals surface area contributed by atoms with Crippen molar-refractivity contribution in [2.75, 3.05) is 37.6 Å². The van der Waals surface area contributed by atoms with Crippen LogP contribution in [0.3, 0.4) is 0 Å². The van der Waals surface area contributed by atoms with E-state index in [9.17, 15) is 14.4 Å². The van der Waals surface area contributed by atoms with Gasteiger partial charge in [-0.2, -0.15) is 0 Å². The highest BCUT2D eigenvalue weighted by atomic mass is 32.1. The van der Waals surface area contributed by atoms with Gasteiger partial charge in [0, 0.05) is 31.6 Å². The zero-order chi connectivity index (χ0) is 17.3. The van der Waals surface area contributed by atoms with Crippen LogP contribution in [0.15, 0.2) is 5.38 Å². The minimum atomic E-state index is -0.988. The molecule has 0 saturated carbocycles. The summed E-state index contributed by atoms with van der Waals surface area (Å²) >= 11 is 1.13. The van der Waals surface area contributed by atoms with E-state index in [-0.39, 0.29) is 29.8 Å². The van der Waals surface area contributed by atoms with Gasteiger partial charge in [-0.3, -0.25) is 19.3 Å². The number of imide groups is 1. The first-order valence-corrected chi connectivity index (χ1v) is 8.87. The maximum Gasteiger partial charge on any atom is 0.309 e. The summed E-state index contributed by atoms with van der Waals surface area (Å²) in [4.78, 5) is 45.4. The van der Waals surface area contributed by atoms with E-state index in [1.807, 2.05) is 0 Å². The summed E-state index contributed by atoms with van der Waals surface area (Å²) in [6.45, 7) is 6.44. The predicted molar refractivity (Wildman–Crippen MR) is 88.0 cm³/mol. The summed E-state index contributed by atoms with van der Waals surface area (Å²) in [5, 5.41) is 10.7. The van der Waals surface area contributed by atoms with Gasteiger partial charge in [0.2, 0.25) is 5.91 Å². The molecule has 0 radical (unpaired) electrons. The molecule has 1 aromatic heterocycles. The average molecular weight is 352 g/mol. The number of hydrogen-bond donors (Lipinski definition) is 1. The standard InChI is InChI=1S/C15H20N4O4S/c1-2-17-3-5-18(6-4-17)11-8-12(20)19(14(11)23)15-16-10(9-24-15)7-13(21)22/h9,11H,2-8H2,1H3,(H,21,22). The van der Waals surface area contributed by atoms with Crippen molar-refractivity contribution in [3.8, 4) is 0 Å². The SMILES string of the molecule is CCN1CCN(C2CC(=O)N(c3nc(CC(=O)O)cs3)C2=O)CC1. The number of aliphatic carboxylic acids is 1. The van der Waals surface area contributed by atoms with Gasteiger partial charge < -0.3 is 10.0 Å². The highest BCUT2D eigenvalue weighted by Crippen LogP contribution is 2.29. The Kier molecular flexibility index (Phi) is 4.93. The lowest BCUT2D eigenvalue weighted by Gasteiger charge is -2.36. The second-order valence-corrected chi connectivity index (χ2v) is 6.79. The Bertz CT molecular complexity index is 654. The monoisotopic (exact) mass is 352 g/mol. The predicted octanol–water partition coefficient (Wildman–Crippen LogP) is 0.0396. The number of carbonyl (C=O) groups is 3. The third kappa shape index (κ3) is 3.33. The molecule has 1 atom stereocenters. The Hall–Kier alpha value is -1.84. The molecule has 1 aromatic rings. The highest BCUT2D eigenvalue weighted by molar-refractivity contribution is 7.14. The van der Waals surface area contributed by atoms with Crippen molar-refractivity contribution in [2.45, 2.75) is 25.8 Å². The normalized spacial score (nSPS) is 23.2. The first kappa shape index (κ1) is 17.0. The van der Waals surface area contributed by atoms with Crippen molar-refractivity contribution < 1.29 is 19.5 Å². The van der Waals surface area contributed by atoms with Gasteiger partial charge in [-0.1, -0.05) is 6.92 Å². The molecule has 8 nitrogen and oxygen atoms in total. The molecule has 9 heteroatoms. The number of carbonyl (C=O) groups excluding carboxylic acids is 2. The highest BCUT2D eigenvalue weighted by Gasteiger charge is 2.44. The Morgan fingerprint density at radius 2 is 2.04 bits per heavy atom. The van der Waals surface area contributed by atoms with Crippen LogP contribution in [0.25, 0.3) is 0 Å². The average Bonchev–Trinajstić information content (AvgIpc) is 3.11. The summed E-state index contributed by atoms with van der Waals surface area (Å²) in [6, 6.07) is -0.427. The van der Waals surface area contributed by atoms with Crippen LogP contribution in [-0.2, 0) is 20.8 Å². The molecular formula is C15H20N4O4S. The van der Waals surface area contributed by atoms with Crippen LogP contribution >= 0.6 is 11.3 Å². The second-order valence-electron chi connectivity index (χ2n) is 5.95. The molecule has 130 valence electrons. The van der Waals surface area contributed by atoms with Crippen LogP contribution in [0.1, 0.15) is 19.0 Å². The minimum absolute atomic E-state index is 0.165. The van der Waals surface area contributed by atoms with Gasteiger partial charge in [0.1, 0.15) is 0 Å². The van der Waals surface area contributed by atoms with Crippen molar-refractivity contribution >= 4 is 34.3 Å². The van der Waals surface area contributed by atoms with Gasteiger partial charge in [-0.25, -0.2) is 9.88 Å². The molecule has 0 aliphatic carbocycles. The van der Waals surface area contributed by atoms with Crippen LogP contribution in [0.4, 0.5) is 5.13 Å². The molecule has 3 rings (SSSR count). The van der Waals surface area contributed by atoms with Crippen molar-refractivity contribution in [1.29, 1.82) is 0 Å². The van der Waals surface area contributed by atoms with Gasteiger partial charge >= 0.3 is 5.97 Å². The van der Waals surface area contributed by atoms with Crippen LogP contribution in [0.2, 0.25) is 0 Å². The fourth-order valence-electron chi connectivity index (χ4n) is 3.13. The summed E-state index contributed by atoms with van der Waals surface area (Å²) in [5.41, 5.74) is 0.364. The van der Waals surface area contributed by atoms with E-state index in [1.54, 1.807) is 5.38 Å². The molecule has 2 amide bonds. The first-order chi connectivity index (χ1) is 11.5. The molecule has 0 bridgehead atoms. The topological polar surface area (TPSA) is 94.1 Å². The Morgan fingerprint density at radius 1 is 1.33 bits per heavy atom. The molecule has 1 unspecified atom stereocenters. The summed E-state index contributed by atoms with van der Waals surface area (Å²) < 4.78 is 0. The van der Waals surface area contributed by atoms with Crippen molar-refractivity contribution in [1.82, 2.24) is 14.8 Å². The molecule has 0 spiro atoms. The number of anilines is 1. The third-order valence-corrected chi connectivity index (χ3v) is 5.36. The Labute approximate surface area is 143 Å². The maximum absolute atomic E-state index is 12.7. The number of piperazine rings is 1. The fraction of sp³-hybridized carbons (Fsp3) is 0.600. The van der Waals surface area contributed by atoms with E-state index in [1.165, 1.54) is 0 Å². The molecule has 2 aliphatic rings. The largest absolute Gasteiger partial charge is 0.481 e. The Balaban J connectivity index is 1.70. The smallest absolute Gasteiger partial charge is 0.309 e. The van der Waals surface area contributed by atoms with Crippen molar-refractivity contribution in [3.63, 3.8) is 0 Å². The first-order valence-electron chi connectivity index (χ1n) is 7.99. The lowest BCUT2D eigenvalue weighted by Crippen LogP contribution is -2.52. The van der Waals surface area contributed by atoms with E-state index >= 15 is 0 Å². The zero-order valence-electron chi connectivity index (χ0n) is 13.5. The van der Waals surface area contributed by atoms with Crippen LogP contribution in [0, 0.1) is 0 Å². The summed E-state index contributed by atoms with van der Waals surface area (Å²) in [7, 11) is 0. The van der Waals surface area contributed by atoms with E-state index < -0.39 is 12.0 Å². The summed E-state index contributed by atoms with van der Waals surface area (Å²) in [6.07, 6.45) is -0.0477.